The molecule has 0 aliphatic heterocycles. The predicted molar refractivity (Wildman–Crippen MR) is 96.7 cm³/mol. The van der Waals surface area contributed by atoms with Crippen LogP contribution in [0, 0.1) is 6.92 Å². The Morgan fingerprint density at radius 3 is 2.77 bits per heavy atom. The van der Waals surface area contributed by atoms with E-state index < -0.39 is 0 Å². The van der Waals surface area contributed by atoms with Crippen LogP contribution in [0.5, 0.6) is 0 Å². The molecule has 0 saturated heterocycles. The predicted octanol–water partition coefficient (Wildman–Crippen LogP) is 3.08. The zero-order chi connectivity index (χ0) is 18.5. The van der Waals surface area contributed by atoms with Crippen LogP contribution in [0.2, 0.25) is 0 Å². The maximum Gasteiger partial charge on any atom is 0.249 e. The Kier molecular flexibility index (Phi) is 5.07. The van der Waals surface area contributed by atoms with E-state index in [1.165, 1.54) is 24.0 Å². The lowest BCUT2D eigenvalue weighted by Crippen LogP contribution is -2.09. The van der Waals surface area contributed by atoms with Gasteiger partial charge >= 0.3 is 0 Å². The largest absolute Gasteiger partial charge is 0.456 e. The molecular formula is C19H18N4O3. The highest BCUT2D eigenvalue weighted by Crippen LogP contribution is 2.11. The molecule has 132 valence electrons. The number of anilines is 1. The Balaban J connectivity index is 1.60. The highest BCUT2D eigenvalue weighted by Gasteiger charge is 2.09. The normalized spacial score (nSPS) is 11.0. The van der Waals surface area contributed by atoms with Crippen molar-refractivity contribution < 1.29 is 14.0 Å². The van der Waals surface area contributed by atoms with Crippen LogP contribution in [0.1, 0.15) is 34.4 Å². The van der Waals surface area contributed by atoms with Gasteiger partial charge in [0.25, 0.3) is 0 Å². The molecule has 1 N–H and O–H groups in total. The van der Waals surface area contributed by atoms with E-state index in [9.17, 15) is 9.59 Å². The van der Waals surface area contributed by atoms with Gasteiger partial charge in [0.15, 0.2) is 17.4 Å². The summed E-state index contributed by atoms with van der Waals surface area (Å²) in [7, 11) is 0. The van der Waals surface area contributed by atoms with Crippen molar-refractivity contribution in [2.75, 3.05) is 5.32 Å². The number of benzene rings is 1. The molecule has 0 aliphatic rings. The fourth-order valence-corrected chi connectivity index (χ4v) is 2.33. The summed E-state index contributed by atoms with van der Waals surface area (Å²) in [6.45, 7) is 3.68. The van der Waals surface area contributed by atoms with Crippen LogP contribution in [-0.2, 0) is 11.3 Å². The molecule has 0 radical (unpaired) electrons. The number of aromatic nitrogens is 3. The molecule has 0 aliphatic carbocycles. The van der Waals surface area contributed by atoms with Crippen molar-refractivity contribution in [1.29, 1.82) is 0 Å². The third-order valence-corrected chi connectivity index (χ3v) is 3.70. The maximum atomic E-state index is 12.0. The minimum absolute atomic E-state index is 0.141. The Hall–Kier alpha value is -3.48. The molecule has 3 rings (SSSR count). The van der Waals surface area contributed by atoms with Gasteiger partial charge in [-0.3, -0.25) is 9.59 Å². The number of hydrogen-bond donors (Lipinski definition) is 1. The summed E-state index contributed by atoms with van der Waals surface area (Å²) >= 11 is 0. The Morgan fingerprint density at radius 2 is 2.04 bits per heavy atom. The molecule has 3 aromatic rings. The van der Waals surface area contributed by atoms with E-state index in [4.69, 9.17) is 4.42 Å². The number of carbonyl (C=O) groups is 2. The summed E-state index contributed by atoms with van der Waals surface area (Å²) in [5.74, 6) is 0.753. The van der Waals surface area contributed by atoms with Gasteiger partial charge in [-0.15, -0.1) is 5.10 Å². The van der Waals surface area contributed by atoms with Gasteiger partial charge in [-0.2, -0.15) is 9.90 Å². The van der Waals surface area contributed by atoms with Crippen LogP contribution < -0.4 is 5.32 Å². The van der Waals surface area contributed by atoms with Crippen molar-refractivity contribution in [3.8, 4) is 0 Å². The highest BCUT2D eigenvalue weighted by molar-refractivity contribution is 6.01. The second kappa shape index (κ2) is 7.60. The van der Waals surface area contributed by atoms with Crippen LogP contribution in [0.15, 0.2) is 53.1 Å². The smallest absolute Gasteiger partial charge is 0.249 e. The van der Waals surface area contributed by atoms with Crippen LogP contribution in [0.25, 0.3) is 6.08 Å². The van der Waals surface area contributed by atoms with Crippen molar-refractivity contribution in [1.82, 2.24) is 15.0 Å². The van der Waals surface area contributed by atoms with Crippen LogP contribution >= 0.6 is 0 Å². The minimum Gasteiger partial charge on any atom is -0.456 e. The van der Waals surface area contributed by atoms with E-state index in [-0.39, 0.29) is 18.2 Å². The van der Waals surface area contributed by atoms with Gasteiger partial charge in [-0.05, 0) is 36.3 Å². The van der Waals surface area contributed by atoms with Crippen LogP contribution in [0.3, 0.4) is 0 Å². The van der Waals surface area contributed by atoms with Crippen molar-refractivity contribution >= 4 is 23.6 Å². The number of furan rings is 1. The molecule has 0 unspecified atom stereocenters. The lowest BCUT2D eigenvalue weighted by Gasteiger charge is -1.99. The third-order valence-electron chi connectivity index (χ3n) is 3.70. The summed E-state index contributed by atoms with van der Waals surface area (Å²) in [4.78, 5) is 24.6. The molecule has 0 atom stereocenters. The van der Waals surface area contributed by atoms with Crippen molar-refractivity contribution in [2.24, 2.45) is 0 Å². The average molecular weight is 350 g/mol. The third kappa shape index (κ3) is 4.32. The number of hydrogen-bond acceptors (Lipinski definition) is 5. The maximum absolute atomic E-state index is 12.0. The topological polar surface area (TPSA) is 90.0 Å². The summed E-state index contributed by atoms with van der Waals surface area (Å²) in [6, 6.07) is 11.1. The first kappa shape index (κ1) is 17.3. The summed E-state index contributed by atoms with van der Waals surface area (Å²) in [6.07, 6.45) is 4.66. The van der Waals surface area contributed by atoms with Crippen molar-refractivity contribution in [3.05, 3.63) is 71.3 Å². The summed E-state index contributed by atoms with van der Waals surface area (Å²) in [5, 5.41) is 10.9. The Labute approximate surface area is 150 Å². The fourth-order valence-electron chi connectivity index (χ4n) is 2.33. The fraction of sp³-hybridized carbons (Fsp3) is 0.158. The number of Topliss-reactive ketones (excluding diaryl/α,β-unsaturated/α-hetero) is 1. The van der Waals surface area contributed by atoms with E-state index in [1.54, 1.807) is 18.2 Å². The number of nitrogens with one attached hydrogen (secondary N) is 1. The van der Waals surface area contributed by atoms with Crippen LogP contribution in [-0.4, -0.2) is 26.7 Å². The van der Waals surface area contributed by atoms with E-state index in [0.29, 0.717) is 17.3 Å². The SMILES string of the molecule is CC(=O)c1ccc(Cn2ncc(NC(=O)C=Cc3ccccc3C)n2)o1. The molecule has 26 heavy (non-hydrogen) atoms. The Bertz CT molecular complexity index is 969. The van der Waals surface area contributed by atoms with E-state index in [2.05, 4.69) is 15.5 Å². The molecule has 0 bridgehead atoms. The lowest BCUT2D eigenvalue weighted by molar-refractivity contribution is -0.111. The quantitative estimate of drug-likeness (QED) is 0.545. The molecule has 0 fully saturated rings. The molecule has 7 heteroatoms. The first-order valence-corrected chi connectivity index (χ1v) is 8.06. The lowest BCUT2D eigenvalue weighted by atomic mass is 10.1. The van der Waals surface area contributed by atoms with E-state index in [1.807, 2.05) is 31.2 Å². The minimum atomic E-state index is -0.294. The number of ketones is 1. The zero-order valence-corrected chi connectivity index (χ0v) is 14.5. The number of amides is 1. The molecule has 0 saturated carbocycles. The second-order valence-corrected chi connectivity index (χ2v) is 5.76. The van der Waals surface area contributed by atoms with Gasteiger partial charge in [0.1, 0.15) is 12.3 Å². The van der Waals surface area contributed by atoms with Crippen molar-refractivity contribution in [3.63, 3.8) is 0 Å². The number of aryl methyl sites for hydroxylation is 1. The standard InChI is InChI=1S/C19H18N4O3/c1-13-5-3-4-6-15(13)7-10-19(25)21-18-11-20-23(22-18)12-16-8-9-17(26-16)14(2)24/h3-11H,12H2,1-2H3,(H,21,22,25). The average Bonchev–Trinajstić information content (AvgIpc) is 3.24. The molecule has 7 nitrogen and oxygen atoms in total. The highest BCUT2D eigenvalue weighted by atomic mass is 16.3. The van der Waals surface area contributed by atoms with Gasteiger partial charge in [0.2, 0.25) is 5.91 Å². The summed E-state index contributed by atoms with van der Waals surface area (Å²) in [5.41, 5.74) is 2.07. The van der Waals surface area contributed by atoms with Crippen molar-refractivity contribution in [2.45, 2.75) is 20.4 Å². The molecular weight excluding hydrogens is 332 g/mol. The van der Waals surface area contributed by atoms with Crippen LogP contribution in [0.4, 0.5) is 5.82 Å². The number of rotatable bonds is 6. The van der Waals surface area contributed by atoms with E-state index in [0.717, 1.165) is 11.1 Å². The number of nitrogens with zero attached hydrogens (tertiary/aromatic N) is 3. The molecule has 0 spiro atoms. The Morgan fingerprint density at radius 1 is 1.23 bits per heavy atom. The molecule has 2 aromatic heterocycles. The number of carbonyl (C=O) groups excluding carboxylic acids is 2. The first-order valence-electron chi connectivity index (χ1n) is 8.06. The second-order valence-electron chi connectivity index (χ2n) is 5.76. The molecule has 2 heterocycles. The van der Waals surface area contributed by atoms with Gasteiger partial charge < -0.3 is 9.73 Å². The zero-order valence-electron chi connectivity index (χ0n) is 14.5. The van der Waals surface area contributed by atoms with Gasteiger partial charge in [0.05, 0.1) is 6.20 Å². The molecule has 1 aromatic carbocycles. The first-order chi connectivity index (χ1) is 12.5. The molecule has 1 amide bonds. The van der Waals surface area contributed by atoms with Gasteiger partial charge in [0, 0.05) is 13.0 Å². The summed E-state index contributed by atoms with van der Waals surface area (Å²) < 4.78 is 5.39. The van der Waals surface area contributed by atoms with Gasteiger partial charge in [-0.1, -0.05) is 24.3 Å². The van der Waals surface area contributed by atoms with Gasteiger partial charge in [-0.25, -0.2) is 0 Å². The van der Waals surface area contributed by atoms with E-state index >= 15 is 0 Å². The monoisotopic (exact) mass is 350 g/mol.